The van der Waals surface area contributed by atoms with E-state index in [4.69, 9.17) is 9.15 Å². The van der Waals surface area contributed by atoms with Gasteiger partial charge in [0.25, 0.3) is 11.8 Å². The maximum absolute atomic E-state index is 12.7. The minimum Gasteiger partial charge on any atom is -0.497 e. The summed E-state index contributed by atoms with van der Waals surface area (Å²) in [5, 5.41) is 1.47. The first-order chi connectivity index (χ1) is 13.1. The Morgan fingerprint density at radius 2 is 1.85 bits per heavy atom. The van der Waals surface area contributed by atoms with Gasteiger partial charge >= 0.3 is 0 Å². The molecule has 1 saturated heterocycles. The second-order valence-electron chi connectivity index (χ2n) is 5.86. The summed E-state index contributed by atoms with van der Waals surface area (Å²) in [7, 11) is 1.51. The van der Waals surface area contributed by atoms with Gasteiger partial charge in [-0.3, -0.25) is 19.8 Å². The number of methoxy groups -OCH3 is 1. The number of benzene rings is 2. The third-order valence-electron chi connectivity index (χ3n) is 4.21. The number of amides is 2. The minimum absolute atomic E-state index is 0.112. The van der Waals surface area contributed by atoms with Crippen molar-refractivity contribution in [2.75, 3.05) is 12.1 Å². The van der Waals surface area contributed by atoms with Crippen LogP contribution in [0.3, 0.4) is 0 Å². The van der Waals surface area contributed by atoms with Crippen LogP contribution in [0.25, 0.3) is 17.0 Å². The van der Waals surface area contributed by atoms with E-state index in [0.29, 0.717) is 22.4 Å². The minimum atomic E-state index is -0.585. The van der Waals surface area contributed by atoms with Crippen LogP contribution in [0.5, 0.6) is 5.75 Å². The fraction of sp³-hybridized carbons (Fsp3) is 0.0500. The average molecular weight is 362 g/mol. The van der Waals surface area contributed by atoms with E-state index in [1.54, 1.807) is 48.5 Å². The Morgan fingerprint density at radius 1 is 1.07 bits per heavy atom. The molecular weight excluding hydrogens is 348 g/mol. The summed E-state index contributed by atoms with van der Waals surface area (Å²) in [6, 6.07) is 13.5. The largest absolute Gasteiger partial charge is 0.497 e. The van der Waals surface area contributed by atoms with Crippen molar-refractivity contribution in [1.29, 1.82) is 0 Å². The van der Waals surface area contributed by atoms with Crippen LogP contribution in [0.4, 0.5) is 5.69 Å². The van der Waals surface area contributed by atoms with Crippen molar-refractivity contribution in [2.45, 2.75) is 0 Å². The quantitative estimate of drug-likeness (QED) is 0.570. The van der Waals surface area contributed by atoms with E-state index in [-0.39, 0.29) is 16.6 Å². The number of hydrazine groups is 1. The molecule has 0 unspecified atom stereocenters. The Labute approximate surface area is 153 Å². The van der Waals surface area contributed by atoms with E-state index >= 15 is 0 Å². The van der Waals surface area contributed by atoms with Crippen molar-refractivity contribution in [2.24, 2.45) is 0 Å². The molecular formula is C20H14N2O5. The molecule has 0 aliphatic carbocycles. The van der Waals surface area contributed by atoms with Crippen LogP contribution in [0, 0.1) is 0 Å². The third-order valence-corrected chi connectivity index (χ3v) is 4.21. The van der Waals surface area contributed by atoms with Crippen molar-refractivity contribution < 1.29 is 18.7 Å². The lowest BCUT2D eigenvalue weighted by Crippen LogP contribution is -2.35. The predicted octanol–water partition coefficient (Wildman–Crippen LogP) is 2.26. The van der Waals surface area contributed by atoms with Crippen molar-refractivity contribution in [3.05, 3.63) is 76.2 Å². The molecule has 134 valence electrons. The zero-order valence-corrected chi connectivity index (χ0v) is 14.3. The Morgan fingerprint density at radius 3 is 2.59 bits per heavy atom. The predicted molar refractivity (Wildman–Crippen MR) is 99.1 cm³/mol. The second kappa shape index (κ2) is 6.45. The molecule has 2 heterocycles. The molecule has 0 spiro atoms. The number of hydrogen-bond acceptors (Lipinski definition) is 5. The van der Waals surface area contributed by atoms with Crippen LogP contribution in [0.2, 0.25) is 0 Å². The Bertz CT molecular complexity index is 1150. The van der Waals surface area contributed by atoms with Crippen LogP contribution >= 0.6 is 0 Å². The summed E-state index contributed by atoms with van der Waals surface area (Å²) >= 11 is 0. The Kier molecular flexibility index (Phi) is 3.97. The highest BCUT2D eigenvalue weighted by Crippen LogP contribution is 2.22. The molecule has 27 heavy (non-hydrogen) atoms. The lowest BCUT2D eigenvalue weighted by molar-refractivity contribution is -0.117. The van der Waals surface area contributed by atoms with Crippen LogP contribution in [0.1, 0.15) is 5.56 Å². The van der Waals surface area contributed by atoms with Gasteiger partial charge in [-0.2, -0.15) is 0 Å². The number of fused-ring (bicyclic) bond motifs is 1. The number of anilines is 1. The summed E-state index contributed by atoms with van der Waals surface area (Å²) in [6.45, 7) is 0. The molecule has 1 aliphatic rings. The van der Waals surface area contributed by atoms with Gasteiger partial charge in [-0.25, -0.2) is 5.01 Å². The molecule has 1 N–H and O–H groups in total. The summed E-state index contributed by atoms with van der Waals surface area (Å²) < 4.78 is 10.6. The van der Waals surface area contributed by atoms with Gasteiger partial charge in [0.05, 0.1) is 23.7 Å². The Balaban J connectivity index is 1.75. The standard InChI is InChI=1S/C20H14N2O5/c1-26-14-7-8-15-17(10-14)27-11-12(18(15)23)9-16-19(24)21-22(20(16)25)13-5-3-2-4-6-13/h2-11H,1H3,(H,21,24)/b16-9-. The number of carbonyl (C=O) groups excluding carboxylic acids is 2. The molecule has 1 fully saturated rings. The molecule has 4 rings (SSSR count). The first-order valence-electron chi connectivity index (χ1n) is 8.10. The molecule has 2 aromatic carbocycles. The monoisotopic (exact) mass is 362 g/mol. The first kappa shape index (κ1) is 16.6. The number of para-hydroxylation sites is 1. The van der Waals surface area contributed by atoms with E-state index in [0.717, 1.165) is 5.01 Å². The number of nitrogens with zero attached hydrogens (tertiary/aromatic N) is 1. The fourth-order valence-electron chi connectivity index (χ4n) is 2.82. The van der Waals surface area contributed by atoms with Crippen molar-refractivity contribution in [3.63, 3.8) is 0 Å². The molecule has 7 heteroatoms. The van der Waals surface area contributed by atoms with Crippen molar-refractivity contribution in [1.82, 2.24) is 5.43 Å². The smallest absolute Gasteiger partial charge is 0.282 e. The van der Waals surface area contributed by atoms with E-state index in [9.17, 15) is 14.4 Å². The molecule has 0 radical (unpaired) electrons. The van der Waals surface area contributed by atoms with Gasteiger partial charge in [0.2, 0.25) is 0 Å². The lowest BCUT2D eigenvalue weighted by atomic mass is 10.1. The highest BCUT2D eigenvalue weighted by atomic mass is 16.5. The molecule has 1 aliphatic heterocycles. The maximum Gasteiger partial charge on any atom is 0.282 e. The first-order valence-corrected chi connectivity index (χ1v) is 8.10. The van der Waals surface area contributed by atoms with Gasteiger partial charge in [-0.05, 0) is 30.3 Å². The SMILES string of the molecule is COc1ccc2c(=O)c(/C=C3/C(=O)NN(c4ccccc4)C3=O)coc2c1. The molecule has 0 bridgehead atoms. The molecule has 1 aromatic heterocycles. The fourth-order valence-corrected chi connectivity index (χ4v) is 2.82. The van der Waals surface area contributed by atoms with Gasteiger partial charge in [-0.1, -0.05) is 18.2 Å². The third kappa shape index (κ3) is 2.85. The highest BCUT2D eigenvalue weighted by Gasteiger charge is 2.34. The Hall–Kier alpha value is -3.87. The average Bonchev–Trinajstić information content (AvgIpc) is 2.98. The summed E-state index contributed by atoms with van der Waals surface area (Å²) in [5.41, 5.74) is 3.00. The molecule has 0 saturated carbocycles. The van der Waals surface area contributed by atoms with Crippen LogP contribution in [0.15, 0.2) is 69.6 Å². The van der Waals surface area contributed by atoms with Gasteiger partial charge in [0.15, 0.2) is 5.43 Å². The van der Waals surface area contributed by atoms with Crippen molar-refractivity contribution >= 4 is 34.5 Å². The van der Waals surface area contributed by atoms with E-state index in [2.05, 4.69) is 5.43 Å². The van der Waals surface area contributed by atoms with Gasteiger partial charge in [0, 0.05) is 6.07 Å². The van der Waals surface area contributed by atoms with Crippen LogP contribution < -0.4 is 20.6 Å². The number of ether oxygens (including phenoxy) is 1. The number of hydrogen-bond donors (Lipinski definition) is 1. The molecule has 7 nitrogen and oxygen atoms in total. The molecule has 0 atom stereocenters. The topological polar surface area (TPSA) is 88.9 Å². The number of nitrogens with one attached hydrogen (secondary N) is 1. The van der Waals surface area contributed by atoms with Crippen molar-refractivity contribution in [3.8, 4) is 5.75 Å². The zero-order valence-electron chi connectivity index (χ0n) is 14.3. The highest BCUT2D eigenvalue weighted by molar-refractivity contribution is 6.31. The van der Waals surface area contributed by atoms with Gasteiger partial charge in [-0.15, -0.1) is 0 Å². The summed E-state index contributed by atoms with van der Waals surface area (Å²) in [6.07, 6.45) is 2.47. The number of rotatable bonds is 3. The summed E-state index contributed by atoms with van der Waals surface area (Å²) in [4.78, 5) is 37.5. The van der Waals surface area contributed by atoms with E-state index in [1.165, 1.54) is 19.4 Å². The van der Waals surface area contributed by atoms with Crippen LogP contribution in [-0.4, -0.2) is 18.9 Å². The summed E-state index contributed by atoms with van der Waals surface area (Å²) in [5.74, 6) is -0.570. The number of carbonyl (C=O) groups is 2. The zero-order chi connectivity index (χ0) is 19.0. The normalized spacial score (nSPS) is 15.4. The molecule has 2 amide bonds. The van der Waals surface area contributed by atoms with Gasteiger partial charge in [0.1, 0.15) is 23.2 Å². The second-order valence-corrected chi connectivity index (χ2v) is 5.86. The lowest BCUT2D eigenvalue weighted by Gasteiger charge is -2.13. The van der Waals surface area contributed by atoms with Gasteiger partial charge < -0.3 is 9.15 Å². The molecule has 3 aromatic rings. The maximum atomic E-state index is 12.7. The van der Waals surface area contributed by atoms with E-state index in [1.807, 2.05) is 0 Å². The van der Waals surface area contributed by atoms with Crippen LogP contribution in [-0.2, 0) is 9.59 Å². The van der Waals surface area contributed by atoms with E-state index < -0.39 is 11.8 Å².